The number of rotatable bonds is 13. The molecule has 0 radical (unpaired) electrons. The molecule has 1 heterocycles. The van der Waals surface area contributed by atoms with Crippen LogP contribution in [0.1, 0.15) is 56.0 Å². The standard InChI is InChI=1S/C29H34ClFN4O3/c1-4-35(5-2)16-6-7-19(3)33-29(38)27-24(14-15-32-27)28(37)34-22-11-8-20(9-12-22)17-26(36)23-13-10-21(31)18-25(23)30/h8-13,15,18-19H,4-7,14,16-17H2,1-3H3,(H,33,38)(H,34,37). The Hall–Kier alpha value is -3.36. The number of carbonyl (C=O) groups is 3. The molecular weight excluding hydrogens is 507 g/mol. The fraction of sp³-hybridized carbons (Fsp3) is 0.379. The third kappa shape index (κ3) is 8.07. The van der Waals surface area contributed by atoms with E-state index in [1.807, 2.05) is 6.92 Å². The number of hydrogen-bond acceptors (Lipinski definition) is 5. The van der Waals surface area contributed by atoms with Crippen LogP contribution in [0.4, 0.5) is 10.1 Å². The van der Waals surface area contributed by atoms with Crippen molar-refractivity contribution in [1.29, 1.82) is 0 Å². The molecule has 0 saturated carbocycles. The number of amides is 2. The van der Waals surface area contributed by atoms with Crippen LogP contribution >= 0.6 is 11.6 Å². The molecule has 0 bridgehead atoms. The van der Waals surface area contributed by atoms with E-state index in [9.17, 15) is 18.8 Å². The van der Waals surface area contributed by atoms with Gasteiger partial charge >= 0.3 is 0 Å². The Bertz CT molecular complexity index is 1220. The SMILES string of the molecule is CCN(CC)CCCC(C)NC(=O)C1=C(C(=O)Nc2ccc(CC(=O)c3ccc(F)cc3Cl)cc2)CC=N1. The van der Waals surface area contributed by atoms with Gasteiger partial charge in [0.1, 0.15) is 11.5 Å². The number of anilines is 1. The van der Waals surface area contributed by atoms with E-state index in [4.69, 9.17) is 11.6 Å². The van der Waals surface area contributed by atoms with E-state index in [0.29, 0.717) is 16.8 Å². The molecule has 1 unspecified atom stereocenters. The van der Waals surface area contributed by atoms with Gasteiger partial charge in [-0.1, -0.05) is 37.6 Å². The Balaban J connectivity index is 1.56. The number of hydrogen-bond donors (Lipinski definition) is 2. The molecule has 3 rings (SSSR count). The summed E-state index contributed by atoms with van der Waals surface area (Å²) >= 11 is 5.99. The number of nitrogens with zero attached hydrogens (tertiary/aromatic N) is 2. The highest BCUT2D eigenvalue weighted by molar-refractivity contribution is 6.34. The summed E-state index contributed by atoms with van der Waals surface area (Å²) in [6.45, 7) is 9.21. The van der Waals surface area contributed by atoms with Crippen molar-refractivity contribution in [2.45, 2.75) is 52.5 Å². The smallest absolute Gasteiger partial charge is 0.270 e. The lowest BCUT2D eigenvalue weighted by molar-refractivity contribution is -0.119. The molecular formula is C29H34ClFN4O3. The summed E-state index contributed by atoms with van der Waals surface area (Å²) in [5.41, 5.74) is 1.93. The minimum absolute atomic E-state index is 0.0364. The molecule has 0 spiro atoms. The molecule has 1 aliphatic rings. The van der Waals surface area contributed by atoms with Crippen LogP contribution in [0.3, 0.4) is 0 Å². The van der Waals surface area contributed by atoms with Crippen molar-refractivity contribution in [3.05, 3.63) is 75.7 Å². The highest BCUT2D eigenvalue weighted by atomic mass is 35.5. The summed E-state index contributed by atoms with van der Waals surface area (Å²) in [5, 5.41) is 5.82. The second-order valence-corrected chi connectivity index (χ2v) is 9.67. The number of halogens is 2. The van der Waals surface area contributed by atoms with Gasteiger partial charge in [0.05, 0.1) is 10.6 Å². The summed E-state index contributed by atoms with van der Waals surface area (Å²) in [6, 6.07) is 10.4. The van der Waals surface area contributed by atoms with Crippen LogP contribution in [0, 0.1) is 5.82 Å². The van der Waals surface area contributed by atoms with Gasteiger partial charge in [-0.3, -0.25) is 19.4 Å². The van der Waals surface area contributed by atoms with Crippen LogP contribution in [-0.2, 0) is 16.0 Å². The lowest BCUT2D eigenvalue weighted by atomic mass is 10.0. The first-order chi connectivity index (χ1) is 18.2. The predicted molar refractivity (Wildman–Crippen MR) is 149 cm³/mol. The molecule has 2 aromatic rings. The molecule has 1 atom stereocenters. The van der Waals surface area contributed by atoms with Crippen LogP contribution in [0.15, 0.2) is 58.7 Å². The van der Waals surface area contributed by atoms with Crippen LogP contribution in [0.5, 0.6) is 0 Å². The van der Waals surface area contributed by atoms with Crippen molar-refractivity contribution in [2.75, 3.05) is 25.0 Å². The van der Waals surface area contributed by atoms with Gasteiger partial charge in [0.15, 0.2) is 5.78 Å². The third-order valence-electron chi connectivity index (χ3n) is 6.48. The number of nitrogens with one attached hydrogen (secondary N) is 2. The van der Waals surface area contributed by atoms with Gasteiger partial charge < -0.3 is 15.5 Å². The number of Topliss-reactive ketones (excluding diaryl/α,β-unsaturated/α-hetero) is 1. The first-order valence-corrected chi connectivity index (χ1v) is 13.3. The van der Waals surface area contributed by atoms with Gasteiger partial charge in [0.2, 0.25) is 0 Å². The van der Waals surface area contributed by atoms with Crippen molar-refractivity contribution in [3.63, 3.8) is 0 Å². The van der Waals surface area contributed by atoms with Crippen molar-refractivity contribution >= 4 is 41.1 Å². The Labute approximate surface area is 228 Å². The summed E-state index contributed by atoms with van der Waals surface area (Å²) in [5.74, 6) is -1.50. The molecule has 0 aliphatic carbocycles. The third-order valence-corrected chi connectivity index (χ3v) is 6.79. The number of carbonyl (C=O) groups excluding carboxylic acids is 3. The van der Waals surface area contributed by atoms with Gasteiger partial charge in [-0.25, -0.2) is 4.39 Å². The quantitative estimate of drug-likeness (QED) is 0.342. The van der Waals surface area contributed by atoms with E-state index in [1.165, 1.54) is 12.1 Å². The van der Waals surface area contributed by atoms with Gasteiger partial charge in [0.25, 0.3) is 11.8 Å². The Kier molecular flexibility index (Phi) is 10.7. The van der Waals surface area contributed by atoms with E-state index in [2.05, 4.69) is 34.4 Å². The first kappa shape index (κ1) is 29.2. The zero-order valence-electron chi connectivity index (χ0n) is 22.0. The molecule has 2 aromatic carbocycles. The molecule has 2 N–H and O–H groups in total. The van der Waals surface area contributed by atoms with Gasteiger partial charge in [-0.05, 0) is 75.3 Å². The van der Waals surface area contributed by atoms with Gasteiger partial charge in [0, 0.05) is 36.3 Å². The molecule has 0 fully saturated rings. The summed E-state index contributed by atoms with van der Waals surface area (Å²) < 4.78 is 13.2. The van der Waals surface area contributed by atoms with Gasteiger partial charge in [-0.2, -0.15) is 0 Å². The highest BCUT2D eigenvalue weighted by Gasteiger charge is 2.24. The van der Waals surface area contributed by atoms with Crippen molar-refractivity contribution < 1.29 is 18.8 Å². The van der Waals surface area contributed by atoms with Crippen molar-refractivity contribution in [3.8, 4) is 0 Å². The Morgan fingerprint density at radius 2 is 1.79 bits per heavy atom. The largest absolute Gasteiger partial charge is 0.348 e. The summed E-state index contributed by atoms with van der Waals surface area (Å²) in [7, 11) is 0. The maximum Gasteiger partial charge on any atom is 0.270 e. The summed E-state index contributed by atoms with van der Waals surface area (Å²) in [4.78, 5) is 44.7. The van der Waals surface area contributed by atoms with E-state index in [0.717, 1.165) is 38.5 Å². The zero-order valence-corrected chi connectivity index (χ0v) is 22.8. The Morgan fingerprint density at radius 1 is 1.08 bits per heavy atom. The lowest BCUT2D eigenvalue weighted by Crippen LogP contribution is -2.35. The van der Waals surface area contributed by atoms with Crippen LogP contribution in [-0.4, -0.2) is 54.4 Å². The molecule has 1 aliphatic heterocycles. The summed E-state index contributed by atoms with van der Waals surface area (Å²) in [6.07, 6.45) is 3.72. The average Bonchev–Trinajstić information content (AvgIpc) is 3.38. The maximum atomic E-state index is 13.2. The van der Waals surface area contributed by atoms with E-state index in [-0.39, 0.29) is 46.9 Å². The zero-order chi connectivity index (χ0) is 27.7. The molecule has 0 saturated heterocycles. The fourth-order valence-electron chi connectivity index (χ4n) is 4.23. The predicted octanol–water partition coefficient (Wildman–Crippen LogP) is 5.20. The normalized spacial score (nSPS) is 13.6. The number of ketones is 1. The topological polar surface area (TPSA) is 90.9 Å². The van der Waals surface area contributed by atoms with E-state index >= 15 is 0 Å². The lowest BCUT2D eigenvalue weighted by Gasteiger charge is -2.19. The van der Waals surface area contributed by atoms with Crippen LogP contribution < -0.4 is 10.6 Å². The monoisotopic (exact) mass is 540 g/mol. The number of benzene rings is 2. The van der Waals surface area contributed by atoms with Crippen molar-refractivity contribution in [1.82, 2.24) is 10.2 Å². The molecule has 38 heavy (non-hydrogen) atoms. The van der Waals surface area contributed by atoms with Gasteiger partial charge in [-0.15, -0.1) is 0 Å². The second-order valence-electron chi connectivity index (χ2n) is 9.26. The van der Waals surface area contributed by atoms with E-state index in [1.54, 1.807) is 30.5 Å². The van der Waals surface area contributed by atoms with Crippen LogP contribution in [0.2, 0.25) is 5.02 Å². The molecule has 0 aromatic heterocycles. The fourth-order valence-corrected chi connectivity index (χ4v) is 4.51. The number of aliphatic imine (C=N–C) groups is 1. The maximum absolute atomic E-state index is 13.2. The molecule has 2 amide bonds. The van der Waals surface area contributed by atoms with E-state index < -0.39 is 11.7 Å². The molecule has 202 valence electrons. The Morgan fingerprint density at radius 3 is 2.45 bits per heavy atom. The molecule has 7 nitrogen and oxygen atoms in total. The minimum Gasteiger partial charge on any atom is -0.348 e. The first-order valence-electron chi connectivity index (χ1n) is 12.9. The van der Waals surface area contributed by atoms with Crippen LogP contribution in [0.25, 0.3) is 0 Å². The minimum atomic E-state index is -0.504. The highest BCUT2D eigenvalue weighted by Crippen LogP contribution is 2.22. The second kappa shape index (κ2) is 14.0. The average molecular weight is 541 g/mol. The molecule has 9 heteroatoms. The van der Waals surface area contributed by atoms with Crippen molar-refractivity contribution in [2.24, 2.45) is 4.99 Å².